The Morgan fingerprint density at radius 1 is 1.58 bits per heavy atom. The van der Waals surface area contributed by atoms with E-state index in [0.29, 0.717) is 6.42 Å². The lowest BCUT2D eigenvalue weighted by atomic mass is 9.88. The number of ether oxygens (including phenoxy) is 2. The van der Waals surface area contributed by atoms with Crippen LogP contribution in [0.4, 0.5) is 8.78 Å². The van der Waals surface area contributed by atoms with Gasteiger partial charge in [0, 0.05) is 13.5 Å². The van der Waals surface area contributed by atoms with Gasteiger partial charge in [-0.3, -0.25) is 0 Å². The normalized spacial score (nSPS) is 35.2. The molecular weight excluding hydrogens is 170 g/mol. The molecule has 5 heteroatoms. The van der Waals surface area contributed by atoms with Crippen LogP contribution in [0.1, 0.15) is 6.42 Å². The van der Waals surface area contributed by atoms with Gasteiger partial charge >= 0.3 is 0 Å². The van der Waals surface area contributed by atoms with Crippen LogP contribution in [-0.2, 0) is 9.47 Å². The number of halogens is 2. The van der Waals surface area contributed by atoms with E-state index in [0.717, 1.165) is 0 Å². The summed E-state index contributed by atoms with van der Waals surface area (Å²) in [4.78, 5) is 0. The maximum absolute atomic E-state index is 11.7. The topological polar surface area (TPSA) is 38.7 Å². The second-order valence-corrected chi connectivity index (χ2v) is 2.77. The molecule has 1 aliphatic rings. The first kappa shape index (κ1) is 9.83. The van der Waals surface area contributed by atoms with Gasteiger partial charge in [-0.05, 0) is 0 Å². The zero-order valence-corrected chi connectivity index (χ0v) is 6.74. The van der Waals surface area contributed by atoms with Crippen molar-refractivity contribution < 1.29 is 23.4 Å². The Kier molecular flexibility index (Phi) is 3.37. The van der Waals surface area contributed by atoms with E-state index in [2.05, 4.69) is 0 Å². The van der Waals surface area contributed by atoms with Gasteiger partial charge in [0.25, 0.3) is 6.43 Å². The van der Waals surface area contributed by atoms with Crippen LogP contribution >= 0.6 is 0 Å². The molecule has 1 aliphatic carbocycles. The van der Waals surface area contributed by atoms with E-state index >= 15 is 0 Å². The average Bonchev–Trinajstić information content (AvgIpc) is 1.97. The van der Waals surface area contributed by atoms with Crippen molar-refractivity contribution in [3.63, 3.8) is 0 Å². The Hall–Kier alpha value is -0.260. The van der Waals surface area contributed by atoms with Crippen molar-refractivity contribution in [2.24, 2.45) is 0 Å². The number of aliphatic hydroxyl groups is 1. The van der Waals surface area contributed by atoms with Gasteiger partial charge in [-0.15, -0.1) is 0 Å². The fourth-order valence-corrected chi connectivity index (χ4v) is 1.23. The van der Waals surface area contributed by atoms with Gasteiger partial charge in [-0.25, -0.2) is 8.78 Å². The monoisotopic (exact) mass is 182 g/mol. The molecule has 0 amide bonds. The summed E-state index contributed by atoms with van der Waals surface area (Å²) in [6, 6.07) is 0. The lowest BCUT2D eigenvalue weighted by Gasteiger charge is -2.39. The zero-order valence-electron chi connectivity index (χ0n) is 6.74. The molecule has 3 nitrogen and oxygen atoms in total. The molecule has 1 saturated carbocycles. The molecule has 12 heavy (non-hydrogen) atoms. The van der Waals surface area contributed by atoms with Crippen molar-refractivity contribution >= 4 is 0 Å². The Morgan fingerprint density at radius 3 is 2.67 bits per heavy atom. The van der Waals surface area contributed by atoms with Gasteiger partial charge in [-0.1, -0.05) is 0 Å². The summed E-state index contributed by atoms with van der Waals surface area (Å²) in [6.07, 6.45) is -3.47. The maximum Gasteiger partial charge on any atom is 0.261 e. The first-order chi connectivity index (χ1) is 5.65. The molecule has 0 aromatic carbocycles. The molecule has 0 saturated heterocycles. The second kappa shape index (κ2) is 4.11. The van der Waals surface area contributed by atoms with Crippen molar-refractivity contribution in [1.82, 2.24) is 0 Å². The van der Waals surface area contributed by atoms with Crippen LogP contribution in [-0.4, -0.2) is 43.6 Å². The van der Waals surface area contributed by atoms with Crippen LogP contribution in [0.3, 0.4) is 0 Å². The van der Waals surface area contributed by atoms with Crippen molar-refractivity contribution in [2.45, 2.75) is 31.2 Å². The molecule has 72 valence electrons. The van der Waals surface area contributed by atoms with Crippen LogP contribution in [0.5, 0.6) is 0 Å². The number of alkyl halides is 2. The minimum Gasteiger partial charge on any atom is -0.390 e. The summed E-state index contributed by atoms with van der Waals surface area (Å²) in [5, 5.41) is 9.05. The molecule has 0 spiro atoms. The first-order valence-electron chi connectivity index (χ1n) is 3.75. The predicted octanol–water partition coefficient (Wildman–Crippen LogP) is 0.416. The maximum atomic E-state index is 11.7. The van der Waals surface area contributed by atoms with Gasteiger partial charge < -0.3 is 14.6 Å². The molecular formula is C7H12F2O3. The SMILES string of the molecule is COC1C(O)CC1OCC(F)F. The first-order valence-corrected chi connectivity index (χ1v) is 3.75. The smallest absolute Gasteiger partial charge is 0.261 e. The van der Waals surface area contributed by atoms with Gasteiger partial charge in [-0.2, -0.15) is 0 Å². The summed E-state index contributed by atoms with van der Waals surface area (Å²) < 4.78 is 32.9. The van der Waals surface area contributed by atoms with Crippen molar-refractivity contribution in [3.8, 4) is 0 Å². The Balaban J connectivity index is 2.17. The third kappa shape index (κ3) is 2.12. The molecule has 3 unspecified atom stereocenters. The Morgan fingerprint density at radius 2 is 2.25 bits per heavy atom. The Bertz CT molecular complexity index is 143. The van der Waals surface area contributed by atoms with E-state index in [-0.39, 0.29) is 6.10 Å². The van der Waals surface area contributed by atoms with E-state index in [9.17, 15) is 8.78 Å². The highest BCUT2D eigenvalue weighted by Crippen LogP contribution is 2.26. The number of rotatable bonds is 4. The van der Waals surface area contributed by atoms with Gasteiger partial charge in [0.15, 0.2) is 0 Å². The van der Waals surface area contributed by atoms with E-state index in [4.69, 9.17) is 14.6 Å². The fourth-order valence-electron chi connectivity index (χ4n) is 1.23. The lowest BCUT2D eigenvalue weighted by Crippen LogP contribution is -2.53. The summed E-state index contributed by atoms with van der Waals surface area (Å²) in [6.45, 7) is -0.586. The fraction of sp³-hybridized carbons (Fsp3) is 1.00. The van der Waals surface area contributed by atoms with Gasteiger partial charge in [0.05, 0.1) is 12.2 Å². The van der Waals surface area contributed by atoms with E-state index < -0.39 is 25.2 Å². The van der Waals surface area contributed by atoms with E-state index in [1.807, 2.05) is 0 Å². The predicted molar refractivity (Wildman–Crippen MR) is 37.2 cm³/mol. The van der Waals surface area contributed by atoms with Gasteiger partial charge in [0.1, 0.15) is 12.7 Å². The second-order valence-electron chi connectivity index (χ2n) is 2.77. The molecule has 1 fully saturated rings. The van der Waals surface area contributed by atoms with E-state index in [1.54, 1.807) is 0 Å². The molecule has 0 aliphatic heterocycles. The quantitative estimate of drug-likeness (QED) is 0.684. The molecule has 0 heterocycles. The van der Waals surface area contributed by atoms with Crippen LogP contribution in [0.25, 0.3) is 0 Å². The summed E-state index contributed by atoms with van der Waals surface area (Å²) in [5.41, 5.74) is 0. The zero-order chi connectivity index (χ0) is 9.14. The average molecular weight is 182 g/mol. The van der Waals surface area contributed by atoms with Crippen LogP contribution in [0, 0.1) is 0 Å². The molecule has 0 bridgehead atoms. The number of hydrogen-bond donors (Lipinski definition) is 1. The van der Waals surface area contributed by atoms with Crippen LogP contribution in [0.2, 0.25) is 0 Å². The van der Waals surface area contributed by atoms with Gasteiger partial charge in [0.2, 0.25) is 0 Å². The third-order valence-electron chi connectivity index (χ3n) is 1.93. The summed E-state index contributed by atoms with van der Waals surface area (Å²) in [5.74, 6) is 0. The minimum atomic E-state index is -2.46. The number of hydrogen-bond acceptors (Lipinski definition) is 3. The van der Waals surface area contributed by atoms with E-state index in [1.165, 1.54) is 7.11 Å². The van der Waals surface area contributed by atoms with Crippen LogP contribution < -0.4 is 0 Å². The molecule has 3 atom stereocenters. The molecule has 0 radical (unpaired) electrons. The summed E-state index contributed by atoms with van der Waals surface area (Å²) >= 11 is 0. The van der Waals surface area contributed by atoms with Crippen molar-refractivity contribution in [3.05, 3.63) is 0 Å². The summed E-state index contributed by atoms with van der Waals surface area (Å²) in [7, 11) is 1.42. The minimum absolute atomic E-state index is 0.376. The molecule has 1 N–H and O–H groups in total. The van der Waals surface area contributed by atoms with Crippen molar-refractivity contribution in [2.75, 3.05) is 13.7 Å². The highest BCUT2D eigenvalue weighted by molar-refractivity contribution is 4.91. The number of aliphatic hydroxyl groups excluding tert-OH is 1. The highest BCUT2D eigenvalue weighted by atomic mass is 19.3. The third-order valence-corrected chi connectivity index (χ3v) is 1.93. The standard InChI is InChI=1S/C7H12F2O3/c1-11-7-4(10)2-5(7)12-3-6(8)9/h4-7,10H,2-3H2,1H3. The largest absolute Gasteiger partial charge is 0.390 e. The van der Waals surface area contributed by atoms with Crippen LogP contribution in [0.15, 0.2) is 0 Å². The Labute approximate surface area is 69.3 Å². The highest BCUT2D eigenvalue weighted by Gasteiger charge is 2.41. The molecule has 0 aromatic rings. The molecule has 1 rings (SSSR count). The van der Waals surface area contributed by atoms with Crippen molar-refractivity contribution in [1.29, 1.82) is 0 Å². The number of methoxy groups -OCH3 is 1. The molecule has 0 aromatic heterocycles. The lowest BCUT2D eigenvalue weighted by molar-refractivity contribution is -0.191.